The zero-order valence-corrected chi connectivity index (χ0v) is 28.2. The number of quaternary nitrogens is 2. The molecule has 1 unspecified atom stereocenters. The van der Waals surface area contributed by atoms with E-state index in [0.29, 0.717) is 36.5 Å². The van der Waals surface area contributed by atoms with Crippen LogP contribution in [0.25, 0.3) is 0 Å². The van der Waals surface area contributed by atoms with E-state index >= 15 is 0 Å². The number of hydrogen-bond donors (Lipinski definition) is 0. The number of hydrogen-bond acceptors (Lipinski definition) is 9. The van der Waals surface area contributed by atoms with Gasteiger partial charge in [-0.2, -0.15) is 0 Å². The topological polar surface area (TPSA) is 148 Å². The van der Waals surface area contributed by atoms with Crippen LogP contribution in [0.2, 0.25) is 0 Å². The van der Waals surface area contributed by atoms with Crippen LogP contribution in [0.4, 0.5) is 16.2 Å². The summed E-state index contributed by atoms with van der Waals surface area (Å²) < 4.78 is 16.7. The van der Waals surface area contributed by atoms with E-state index in [2.05, 4.69) is 6.92 Å². The first kappa shape index (κ1) is 36.9. The summed E-state index contributed by atoms with van der Waals surface area (Å²) in [7, 11) is 2.02. The lowest BCUT2D eigenvalue weighted by Gasteiger charge is -2.43. The van der Waals surface area contributed by atoms with Gasteiger partial charge in [-0.05, 0) is 43.0 Å². The number of benzene rings is 3. The Kier molecular flexibility index (Phi) is 13.2. The maximum absolute atomic E-state index is 12.5. The number of carbonyl (C=O) groups is 2. The highest BCUT2D eigenvalue weighted by Gasteiger charge is 2.33. The Morgan fingerprint density at radius 2 is 1.35 bits per heavy atom. The minimum atomic E-state index is -0.940. The predicted molar refractivity (Wildman–Crippen MR) is 181 cm³/mol. The molecule has 0 bridgehead atoms. The van der Waals surface area contributed by atoms with Gasteiger partial charge in [0.2, 0.25) is 6.79 Å². The monoisotopic (exact) mass is 678 g/mol. The average molecular weight is 679 g/mol. The Hall–Kier alpha value is -4.88. The molecule has 1 fully saturated rings. The van der Waals surface area contributed by atoms with Gasteiger partial charge in [0.05, 0.1) is 42.9 Å². The lowest BCUT2D eigenvalue weighted by atomic mass is 9.95. The van der Waals surface area contributed by atoms with E-state index in [0.717, 1.165) is 60.2 Å². The van der Waals surface area contributed by atoms with E-state index in [1.165, 1.54) is 24.3 Å². The summed E-state index contributed by atoms with van der Waals surface area (Å²) in [6.07, 6.45) is 1.98. The third kappa shape index (κ3) is 11.9. The zero-order valence-electron chi connectivity index (χ0n) is 28.2. The Bertz CT molecular complexity index is 1540. The second kappa shape index (κ2) is 17.5. The molecule has 0 aliphatic carbocycles. The first-order valence-electron chi connectivity index (χ1n) is 16.6. The number of likely N-dealkylation sites (tertiary alicyclic amines) is 1. The van der Waals surface area contributed by atoms with Crippen molar-refractivity contribution < 1.29 is 42.6 Å². The number of esters is 1. The molecule has 0 amide bonds. The summed E-state index contributed by atoms with van der Waals surface area (Å²) >= 11 is 0. The minimum absolute atomic E-state index is 0.0226. The van der Waals surface area contributed by atoms with Gasteiger partial charge in [-0.15, -0.1) is 0 Å². The van der Waals surface area contributed by atoms with Crippen molar-refractivity contribution in [1.29, 1.82) is 0 Å². The molecule has 1 atom stereocenters. The van der Waals surface area contributed by atoms with Crippen LogP contribution in [0.3, 0.4) is 0 Å². The highest BCUT2D eigenvalue weighted by molar-refractivity contribution is 5.69. The van der Waals surface area contributed by atoms with Crippen molar-refractivity contribution in [1.82, 2.24) is 0 Å². The van der Waals surface area contributed by atoms with E-state index in [-0.39, 0.29) is 24.4 Å². The van der Waals surface area contributed by atoms with E-state index in [1.807, 2.05) is 49.5 Å². The largest absolute Gasteiger partial charge is 0.511 e. The van der Waals surface area contributed by atoms with Crippen LogP contribution in [0.1, 0.15) is 49.3 Å². The van der Waals surface area contributed by atoms with Crippen molar-refractivity contribution in [3.63, 3.8) is 0 Å². The number of non-ortho nitro benzene ring substituents is 2. The van der Waals surface area contributed by atoms with Gasteiger partial charge >= 0.3 is 12.1 Å². The van der Waals surface area contributed by atoms with Crippen LogP contribution in [-0.2, 0) is 38.6 Å². The summed E-state index contributed by atoms with van der Waals surface area (Å²) in [6.45, 7) is 6.83. The number of carbonyl (C=O) groups excluding carboxylic acids is 2. The van der Waals surface area contributed by atoms with Gasteiger partial charge in [0.1, 0.15) is 32.8 Å². The fourth-order valence-corrected chi connectivity index (χ4v) is 6.38. The molecule has 4 rings (SSSR count). The highest BCUT2D eigenvalue weighted by Crippen LogP contribution is 2.28. The van der Waals surface area contributed by atoms with Crippen LogP contribution in [0.5, 0.6) is 0 Å². The van der Waals surface area contributed by atoms with Gasteiger partial charge in [0.25, 0.3) is 11.4 Å². The number of nitro benzene ring substituents is 2. The first-order valence-corrected chi connectivity index (χ1v) is 16.6. The number of nitrogens with zero attached hydrogens (tertiary/aromatic N) is 4. The van der Waals surface area contributed by atoms with Crippen molar-refractivity contribution in [3.8, 4) is 0 Å². The van der Waals surface area contributed by atoms with E-state index < -0.39 is 28.8 Å². The van der Waals surface area contributed by atoms with Crippen molar-refractivity contribution in [3.05, 3.63) is 116 Å². The van der Waals surface area contributed by atoms with Crippen molar-refractivity contribution in [2.75, 3.05) is 46.6 Å². The maximum Gasteiger partial charge on any atom is 0.511 e. The number of rotatable bonds is 17. The summed E-state index contributed by atoms with van der Waals surface area (Å²) in [5.74, 6) is 0.165. The summed E-state index contributed by atoms with van der Waals surface area (Å²) in [4.78, 5) is 46.0. The van der Waals surface area contributed by atoms with E-state index in [9.17, 15) is 29.8 Å². The molecule has 0 N–H and O–H groups in total. The molecule has 1 aliphatic heterocycles. The lowest BCUT2D eigenvalue weighted by Crippen LogP contribution is -2.52. The molecular formula is C36H46N4O9+2. The summed E-state index contributed by atoms with van der Waals surface area (Å²) in [5, 5.41) is 22.1. The SMILES string of the molecule is CC1CC[N+](CCCC(=O)OCOC(=O)OCC[N+](C)(Cc2ccccc2)Cc2ccc([N+](=O)[O-])cc2)(Cc2ccc([N+](=O)[O-])cc2)CC1. The second-order valence-electron chi connectivity index (χ2n) is 13.3. The molecule has 49 heavy (non-hydrogen) atoms. The molecule has 0 saturated carbocycles. The van der Waals surface area contributed by atoms with Crippen LogP contribution in [0, 0.1) is 26.1 Å². The number of piperidine rings is 1. The number of ether oxygens (including phenoxy) is 3. The molecule has 3 aromatic rings. The van der Waals surface area contributed by atoms with Crippen LogP contribution in [0.15, 0.2) is 78.9 Å². The molecule has 1 aliphatic rings. The third-order valence-electron chi connectivity index (χ3n) is 9.24. The number of nitro groups is 2. The average Bonchev–Trinajstić information content (AvgIpc) is 3.07. The molecular weight excluding hydrogens is 632 g/mol. The van der Waals surface area contributed by atoms with Gasteiger partial charge in [0, 0.05) is 47.4 Å². The summed E-state index contributed by atoms with van der Waals surface area (Å²) in [6, 6.07) is 23.0. The van der Waals surface area contributed by atoms with Crippen molar-refractivity contribution >= 4 is 23.5 Å². The Labute approximate surface area is 286 Å². The van der Waals surface area contributed by atoms with Crippen LogP contribution >= 0.6 is 0 Å². The van der Waals surface area contributed by atoms with E-state index in [1.54, 1.807) is 12.1 Å². The molecule has 0 spiro atoms. The molecule has 13 nitrogen and oxygen atoms in total. The molecule has 0 radical (unpaired) electrons. The van der Waals surface area contributed by atoms with Gasteiger partial charge in [-0.3, -0.25) is 25.0 Å². The van der Waals surface area contributed by atoms with Crippen LogP contribution in [-0.4, -0.2) is 77.6 Å². The Morgan fingerprint density at radius 3 is 1.92 bits per heavy atom. The molecule has 262 valence electrons. The maximum atomic E-state index is 12.5. The molecule has 0 aromatic heterocycles. The normalized spacial score (nSPS) is 18.5. The second-order valence-corrected chi connectivity index (χ2v) is 13.3. The third-order valence-corrected chi connectivity index (χ3v) is 9.24. The highest BCUT2D eigenvalue weighted by atomic mass is 16.8. The number of likely N-dealkylation sites (N-methyl/N-ethyl adjacent to an activating group) is 1. The molecule has 13 heteroatoms. The fraction of sp³-hybridized carbons (Fsp3) is 0.444. The Balaban J connectivity index is 1.20. The first-order chi connectivity index (χ1) is 23.4. The summed E-state index contributed by atoms with van der Waals surface area (Å²) in [5.41, 5.74) is 3.12. The van der Waals surface area contributed by atoms with E-state index in [4.69, 9.17) is 14.2 Å². The standard InChI is InChI=1S/C36H46N4O9/c1-29-18-21-40(22-19-29,27-32-12-16-34(17-13-32)38(45)46)20-6-9-35(41)48-28-49-36(42)47-24-23-39(2,25-30-7-4-3-5-8-30)26-31-10-14-33(15-11-31)37(43)44/h3-5,7-8,10-17,29H,6,9,18-28H2,1-2H3/q+2. The predicted octanol–water partition coefficient (Wildman–Crippen LogP) is 6.53. The molecule has 3 aromatic carbocycles. The van der Waals surface area contributed by atoms with Gasteiger partial charge in [-0.25, -0.2) is 4.79 Å². The quantitative estimate of drug-likeness (QED) is 0.0511. The van der Waals surface area contributed by atoms with Crippen LogP contribution < -0.4 is 0 Å². The van der Waals surface area contributed by atoms with Crippen molar-refractivity contribution in [2.45, 2.75) is 52.2 Å². The van der Waals surface area contributed by atoms with Crippen molar-refractivity contribution in [2.24, 2.45) is 5.92 Å². The molecule has 1 heterocycles. The fourth-order valence-electron chi connectivity index (χ4n) is 6.38. The van der Waals surface area contributed by atoms with Gasteiger partial charge in [0.15, 0.2) is 0 Å². The van der Waals surface area contributed by atoms with Gasteiger partial charge in [-0.1, -0.05) is 37.3 Å². The Morgan fingerprint density at radius 1 is 0.796 bits per heavy atom. The smallest absolute Gasteiger partial charge is 0.428 e. The lowest BCUT2D eigenvalue weighted by molar-refractivity contribution is -0.946. The zero-order chi connectivity index (χ0) is 35.3. The minimum Gasteiger partial charge on any atom is -0.428 e. The van der Waals surface area contributed by atoms with Gasteiger partial charge < -0.3 is 23.2 Å². The molecule has 1 saturated heterocycles.